The van der Waals surface area contributed by atoms with Gasteiger partial charge in [-0.05, 0) is 64.7 Å². The smallest absolute Gasteiger partial charge is 0.240 e. The molecular weight excluding hydrogens is 715 g/mol. The molecule has 4 heterocycles. The average molecular weight is 746 g/mol. The van der Waals surface area contributed by atoms with Crippen molar-refractivity contribution in [1.82, 2.24) is 24.1 Å². The Morgan fingerprint density at radius 3 is 1.37 bits per heavy atom. The number of hydrogen-bond acceptors (Lipinski definition) is 4. The predicted octanol–water partition coefficient (Wildman–Crippen LogP) is 13.4. The van der Waals surface area contributed by atoms with Crippen LogP contribution >= 0.6 is 11.3 Å². The van der Waals surface area contributed by atoms with Crippen LogP contribution in [0.25, 0.3) is 109 Å². The van der Waals surface area contributed by atoms with Gasteiger partial charge in [0.1, 0.15) is 0 Å². The number of thiophene rings is 1. The van der Waals surface area contributed by atoms with Crippen LogP contribution in [0.15, 0.2) is 188 Å². The minimum absolute atomic E-state index is 0.569. The third-order valence-corrected chi connectivity index (χ3v) is 12.4. The van der Waals surface area contributed by atoms with Gasteiger partial charge >= 0.3 is 0 Å². The minimum Gasteiger partial charge on any atom is -0.278 e. The van der Waals surface area contributed by atoms with Crippen LogP contribution in [0.2, 0.25) is 0 Å². The van der Waals surface area contributed by atoms with Gasteiger partial charge in [-0.15, -0.1) is 11.3 Å². The van der Waals surface area contributed by atoms with Crippen LogP contribution in [0, 0.1) is 0 Å². The van der Waals surface area contributed by atoms with Crippen molar-refractivity contribution in [2.45, 2.75) is 0 Å². The van der Waals surface area contributed by atoms with E-state index in [2.05, 4.69) is 197 Å². The molecular formula is C51H31N5S. The molecule has 0 fully saturated rings. The van der Waals surface area contributed by atoms with Crippen molar-refractivity contribution < 1.29 is 0 Å². The molecule has 0 unspecified atom stereocenters. The van der Waals surface area contributed by atoms with E-state index in [0.29, 0.717) is 17.7 Å². The Hall–Kier alpha value is -7.41. The maximum Gasteiger partial charge on any atom is 0.240 e. The van der Waals surface area contributed by atoms with Crippen molar-refractivity contribution in [2.75, 3.05) is 0 Å². The number of aromatic nitrogens is 5. The lowest BCUT2D eigenvalue weighted by Gasteiger charge is -2.13. The van der Waals surface area contributed by atoms with E-state index in [1.54, 1.807) is 0 Å². The zero-order valence-corrected chi connectivity index (χ0v) is 31.4. The number of para-hydroxylation sites is 4. The number of fused-ring (bicyclic) bond motifs is 9. The maximum atomic E-state index is 5.30. The second-order valence-electron chi connectivity index (χ2n) is 14.4. The summed E-state index contributed by atoms with van der Waals surface area (Å²) in [6.07, 6.45) is 0. The second-order valence-corrected chi connectivity index (χ2v) is 15.5. The summed E-state index contributed by atoms with van der Waals surface area (Å²) in [4.78, 5) is 15.9. The highest BCUT2D eigenvalue weighted by atomic mass is 32.1. The summed E-state index contributed by atoms with van der Waals surface area (Å²) in [5, 5.41) is 7.25. The summed E-state index contributed by atoms with van der Waals surface area (Å²) in [6, 6.07) is 66.7. The van der Waals surface area contributed by atoms with E-state index in [0.717, 1.165) is 60.3 Å². The van der Waals surface area contributed by atoms with Crippen LogP contribution in [0.3, 0.4) is 0 Å². The summed E-state index contributed by atoms with van der Waals surface area (Å²) < 4.78 is 6.97. The van der Waals surface area contributed by atoms with Gasteiger partial charge < -0.3 is 0 Å². The summed E-state index contributed by atoms with van der Waals surface area (Å²) in [5.41, 5.74) is 9.77. The minimum atomic E-state index is 0.569. The number of rotatable bonds is 5. The van der Waals surface area contributed by atoms with Crippen LogP contribution < -0.4 is 0 Å². The predicted molar refractivity (Wildman–Crippen MR) is 238 cm³/mol. The Morgan fingerprint density at radius 2 is 0.789 bits per heavy atom. The molecule has 12 aromatic rings. The molecule has 57 heavy (non-hydrogen) atoms. The molecule has 0 amide bonds. The van der Waals surface area contributed by atoms with E-state index in [1.165, 1.54) is 31.3 Å². The third-order valence-electron chi connectivity index (χ3n) is 11.2. The lowest BCUT2D eigenvalue weighted by molar-refractivity contribution is 0.893. The van der Waals surface area contributed by atoms with E-state index in [1.807, 2.05) is 11.3 Å². The highest BCUT2D eigenvalue weighted by Crippen LogP contribution is 2.41. The molecule has 0 radical (unpaired) electrons. The first-order valence-corrected chi connectivity index (χ1v) is 19.9. The van der Waals surface area contributed by atoms with Gasteiger partial charge in [0.25, 0.3) is 0 Å². The lowest BCUT2D eigenvalue weighted by Crippen LogP contribution is -2.10. The van der Waals surface area contributed by atoms with E-state index >= 15 is 0 Å². The molecule has 0 saturated carbocycles. The topological polar surface area (TPSA) is 48.5 Å². The highest BCUT2D eigenvalue weighted by molar-refractivity contribution is 7.25. The molecule has 0 aliphatic carbocycles. The molecule has 0 aliphatic heterocycles. The van der Waals surface area contributed by atoms with Gasteiger partial charge in [0.2, 0.25) is 11.9 Å². The van der Waals surface area contributed by atoms with Crippen LogP contribution in [-0.2, 0) is 0 Å². The molecule has 266 valence electrons. The normalized spacial score (nSPS) is 11.9. The van der Waals surface area contributed by atoms with Crippen LogP contribution in [0.5, 0.6) is 0 Å². The number of benzene rings is 8. The monoisotopic (exact) mass is 745 g/mol. The fourth-order valence-electron chi connectivity index (χ4n) is 8.65. The Morgan fingerprint density at radius 1 is 0.333 bits per heavy atom. The SMILES string of the molecule is c1cc(-c2ccc(-c3cccc4sc5ccccc5c34)cc2)cc(-c2nc(-n3c4ccccc4c4ccccc43)nc(-n3c4ccccc4c4ccccc43)n2)c1. The van der Waals surface area contributed by atoms with Gasteiger partial charge in [-0.2, -0.15) is 15.0 Å². The molecule has 8 aromatic carbocycles. The number of nitrogens with zero attached hydrogens (tertiary/aromatic N) is 5. The van der Waals surface area contributed by atoms with Crippen molar-refractivity contribution in [1.29, 1.82) is 0 Å². The molecule has 0 bridgehead atoms. The van der Waals surface area contributed by atoms with Crippen LogP contribution in [0.4, 0.5) is 0 Å². The standard InChI is InChI=1S/C51H31N5S/c1-6-21-42-37(15-1)38-16-2-7-22-43(38)55(42)50-52-49(53-51(54-50)56-44-23-8-3-17-39(44)40-18-4-9-24-45(40)56)35-14-11-13-34(31-35)32-27-29-33(30-28-32)36-20-12-26-47-48(36)41-19-5-10-25-46(41)57-47/h1-31H. The van der Waals surface area contributed by atoms with E-state index in [4.69, 9.17) is 15.0 Å². The zero-order valence-electron chi connectivity index (χ0n) is 30.5. The van der Waals surface area contributed by atoms with Crippen molar-refractivity contribution in [3.63, 3.8) is 0 Å². The molecule has 0 spiro atoms. The van der Waals surface area contributed by atoms with Crippen molar-refractivity contribution >= 4 is 75.1 Å². The molecule has 0 N–H and O–H groups in total. The Labute approximate surface area is 331 Å². The molecule has 12 rings (SSSR count). The first-order chi connectivity index (χ1) is 28.3. The third kappa shape index (κ3) is 4.98. The average Bonchev–Trinajstić information content (AvgIpc) is 3.94. The lowest BCUT2D eigenvalue weighted by atomic mass is 9.96. The summed E-state index contributed by atoms with van der Waals surface area (Å²) in [7, 11) is 0. The van der Waals surface area contributed by atoms with Gasteiger partial charge in [-0.1, -0.05) is 146 Å². The first-order valence-electron chi connectivity index (χ1n) is 19.1. The summed E-state index contributed by atoms with van der Waals surface area (Å²) in [6.45, 7) is 0. The van der Waals surface area contributed by atoms with E-state index in [-0.39, 0.29) is 0 Å². The Bertz CT molecular complexity index is 3300. The van der Waals surface area contributed by atoms with Crippen molar-refractivity contribution in [3.8, 4) is 45.5 Å². The van der Waals surface area contributed by atoms with Gasteiger partial charge in [0.05, 0.1) is 22.1 Å². The van der Waals surface area contributed by atoms with Crippen molar-refractivity contribution in [2.24, 2.45) is 0 Å². The summed E-state index contributed by atoms with van der Waals surface area (Å²) in [5.74, 6) is 1.74. The van der Waals surface area contributed by atoms with Gasteiger partial charge in [-0.3, -0.25) is 9.13 Å². The quantitative estimate of drug-likeness (QED) is 0.176. The Balaban J connectivity index is 1.03. The van der Waals surface area contributed by atoms with Crippen molar-refractivity contribution in [3.05, 3.63) is 188 Å². The molecule has 0 saturated heterocycles. The first kappa shape index (κ1) is 31.9. The fourth-order valence-corrected chi connectivity index (χ4v) is 9.79. The molecule has 0 atom stereocenters. The molecule has 4 aromatic heterocycles. The second kappa shape index (κ2) is 12.6. The van der Waals surface area contributed by atoms with Gasteiger partial charge in [0, 0.05) is 47.3 Å². The van der Waals surface area contributed by atoms with E-state index in [9.17, 15) is 0 Å². The zero-order chi connectivity index (χ0) is 37.5. The molecule has 0 aliphatic rings. The van der Waals surface area contributed by atoms with Gasteiger partial charge in [-0.25, -0.2) is 0 Å². The highest BCUT2D eigenvalue weighted by Gasteiger charge is 2.20. The van der Waals surface area contributed by atoms with Crippen LogP contribution in [0.1, 0.15) is 0 Å². The largest absolute Gasteiger partial charge is 0.278 e. The fraction of sp³-hybridized carbons (Fsp3) is 0. The number of hydrogen-bond donors (Lipinski definition) is 0. The van der Waals surface area contributed by atoms with Gasteiger partial charge in [0.15, 0.2) is 5.82 Å². The Kier molecular flexibility index (Phi) is 7.03. The van der Waals surface area contributed by atoms with Crippen LogP contribution in [-0.4, -0.2) is 24.1 Å². The summed E-state index contributed by atoms with van der Waals surface area (Å²) >= 11 is 1.85. The molecule has 6 heteroatoms. The maximum absolute atomic E-state index is 5.30. The molecule has 5 nitrogen and oxygen atoms in total. The van der Waals surface area contributed by atoms with E-state index < -0.39 is 0 Å².